The van der Waals surface area contributed by atoms with Gasteiger partial charge in [-0.3, -0.25) is 0 Å². The number of nitrogens with zero attached hydrogens (tertiary/aromatic N) is 1. The zero-order valence-electron chi connectivity index (χ0n) is 9.91. The lowest BCUT2D eigenvalue weighted by molar-refractivity contribution is 0.315. The van der Waals surface area contributed by atoms with Crippen LogP contribution in [0.3, 0.4) is 0 Å². The molecule has 18 heavy (non-hydrogen) atoms. The molecule has 3 rings (SSSR count). The first-order valence-corrected chi connectivity index (χ1v) is 5.94. The van der Waals surface area contributed by atoms with Gasteiger partial charge < -0.3 is 10.5 Å². The molecule has 0 amide bonds. The molecule has 0 aromatic heterocycles. The van der Waals surface area contributed by atoms with E-state index in [1.165, 1.54) is 11.1 Å². The van der Waals surface area contributed by atoms with E-state index in [4.69, 9.17) is 10.5 Å². The summed E-state index contributed by atoms with van der Waals surface area (Å²) in [6.07, 6.45) is 0. The van der Waals surface area contributed by atoms with Gasteiger partial charge >= 0.3 is 0 Å². The molecule has 1 atom stereocenters. The summed E-state index contributed by atoms with van der Waals surface area (Å²) in [4.78, 5) is 4.23. The van der Waals surface area contributed by atoms with Crippen molar-refractivity contribution in [1.29, 1.82) is 0 Å². The van der Waals surface area contributed by atoms with Gasteiger partial charge in [0.1, 0.15) is 12.6 Å². The summed E-state index contributed by atoms with van der Waals surface area (Å²) in [5.41, 5.74) is 9.07. The van der Waals surface area contributed by atoms with E-state index < -0.39 is 0 Å². The summed E-state index contributed by atoms with van der Waals surface area (Å²) in [5, 5.41) is 0. The van der Waals surface area contributed by atoms with Gasteiger partial charge in [-0.2, -0.15) is 0 Å². The van der Waals surface area contributed by atoms with Crippen molar-refractivity contribution < 1.29 is 4.74 Å². The Kier molecular flexibility index (Phi) is 2.73. The molecular formula is C15H14N2O. The normalized spacial score (nSPS) is 18.2. The molecule has 0 saturated carbocycles. The van der Waals surface area contributed by atoms with Gasteiger partial charge in [0, 0.05) is 0 Å². The van der Waals surface area contributed by atoms with Gasteiger partial charge in [0.15, 0.2) is 0 Å². The summed E-state index contributed by atoms with van der Waals surface area (Å²) in [7, 11) is 0. The van der Waals surface area contributed by atoms with Crippen molar-refractivity contribution in [3.63, 3.8) is 0 Å². The first-order valence-electron chi connectivity index (χ1n) is 5.94. The third-order valence-corrected chi connectivity index (χ3v) is 3.07. The Hall–Kier alpha value is -2.29. The van der Waals surface area contributed by atoms with Gasteiger partial charge in [0.05, 0.1) is 0 Å². The Balaban J connectivity index is 1.86. The van der Waals surface area contributed by atoms with Gasteiger partial charge in [-0.05, 0) is 16.7 Å². The van der Waals surface area contributed by atoms with Crippen LogP contribution < -0.4 is 5.73 Å². The van der Waals surface area contributed by atoms with Gasteiger partial charge in [-0.15, -0.1) is 0 Å². The predicted octanol–water partition coefficient (Wildman–Crippen LogP) is 2.74. The smallest absolute Gasteiger partial charge is 0.282 e. The van der Waals surface area contributed by atoms with Crippen molar-refractivity contribution in [2.45, 2.75) is 6.04 Å². The van der Waals surface area contributed by atoms with Crippen LogP contribution in [-0.2, 0) is 4.74 Å². The lowest BCUT2D eigenvalue weighted by Gasteiger charge is -2.07. The second-order valence-corrected chi connectivity index (χ2v) is 4.28. The van der Waals surface area contributed by atoms with Crippen molar-refractivity contribution in [2.24, 2.45) is 10.7 Å². The third-order valence-electron chi connectivity index (χ3n) is 3.07. The molecule has 3 nitrogen and oxygen atoms in total. The van der Waals surface area contributed by atoms with Crippen LogP contribution in [0, 0.1) is 0 Å². The third kappa shape index (κ3) is 2.07. The zero-order chi connectivity index (χ0) is 12.4. The van der Waals surface area contributed by atoms with E-state index in [0.717, 1.165) is 5.56 Å². The van der Waals surface area contributed by atoms with Gasteiger partial charge in [0.25, 0.3) is 6.02 Å². The van der Waals surface area contributed by atoms with Crippen LogP contribution in [0.2, 0.25) is 0 Å². The quantitative estimate of drug-likeness (QED) is 0.874. The molecule has 0 aliphatic carbocycles. The molecule has 0 fully saturated rings. The van der Waals surface area contributed by atoms with Crippen LogP contribution in [0.1, 0.15) is 11.6 Å². The van der Waals surface area contributed by atoms with Crippen LogP contribution >= 0.6 is 0 Å². The molecule has 0 saturated heterocycles. The van der Waals surface area contributed by atoms with E-state index in [-0.39, 0.29) is 12.1 Å². The lowest BCUT2D eigenvalue weighted by Crippen LogP contribution is -2.10. The first-order chi connectivity index (χ1) is 8.83. The molecule has 2 aromatic rings. The fraction of sp³-hybridized carbons (Fsp3) is 0.133. The van der Waals surface area contributed by atoms with E-state index in [1.807, 2.05) is 18.2 Å². The van der Waals surface area contributed by atoms with Crippen LogP contribution in [0.25, 0.3) is 11.1 Å². The van der Waals surface area contributed by atoms with Crippen molar-refractivity contribution in [3.05, 3.63) is 60.2 Å². The fourth-order valence-corrected chi connectivity index (χ4v) is 2.09. The first kappa shape index (κ1) is 10.8. The van der Waals surface area contributed by atoms with Gasteiger partial charge in [-0.1, -0.05) is 54.6 Å². The van der Waals surface area contributed by atoms with Crippen molar-refractivity contribution in [2.75, 3.05) is 6.61 Å². The number of ether oxygens (including phenoxy) is 1. The topological polar surface area (TPSA) is 47.6 Å². The van der Waals surface area contributed by atoms with Crippen molar-refractivity contribution in [1.82, 2.24) is 0 Å². The molecule has 1 heterocycles. The Morgan fingerprint density at radius 3 is 2.22 bits per heavy atom. The van der Waals surface area contributed by atoms with Crippen LogP contribution in [-0.4, -0.2) is 12.6 Å². The molecule has 3 heteroatoms. The molecule has 2 aromatic carbocycles. The Labute approximate surface area is 106 Å². The number of rotatable bonds is 2. The summed E-state index contributed by atoms with van der Waals surface area (Å²) in [6.45, 7) is 0.538. The molecule has 2 N–H and O–H groups in total. The van der Waals surface area contributed by atoms with E-state index in [1.54, 1.807) is 0 Å². The highest BCUT2D eigenvalue weighted by Gasteiger charge is 2.18. The lowest BCUT2D eigenvalue weighted by atomic mass is 10.0. The standard InChI is InChI=1S/C15H14N2O/c16-15-17-14(10-18-15)13-8-6-12(7-9-13)11-4-2-1-3-5-11/h1-9,14H,10H2,(H2,16,17). The number of benzene rings is 2. The molecule has 0 spiro atoms. The van der Waals surface area contributed by atoms with Crippen molar-refractivity contribution in [3.8, 4) is 11.1 Å². The molecule has 0 bridgehead atoms. The summed E-state index contributed by atoms with van der Waals surface area (Å²) in [5.74, 6) is 0. The van der Waals surface area contributed by atoms with E-state index in [2.05, 4.69) is 41.4 Å². The highest BCUT2D eigenvalue weighted by molar-refractivity contribution is 5.73. The average Bonchev–Trinajstić information content (AvgIpc) is 2.87. The predicted molar refractivity (Wildman–Crippen MR) is 72.2 cm³/mol. The van der Waals surface area contributed by atoms with Crippen molar-refractivity contribution >= 4 is 6.02 Å². The monoisotopic (exact) mass is 238 g/mol. The maximum absolute atomic E-state index is 5.51. The molecule has 1 unspecified atom stereocenters. The molecule has 1 aliphatic rings. The minimum atomic E-state index is 0.0369. The highest BCUT2D eigenvalue weighted by Crippen LogP contribution is 2.25. The minimum absolute atomic E-state index is 0.0369. The maximum atomic E-state index is 5.51. The van der Waals surface area contributed by atoms with Crippen LogP contribution in [0.5, 0.6) is 0 Å². The zero-order valence-corrected chi connectivity index (χ0v) is 9.91. The van der Waals surface area contributed by atoms with Gasteiger partial charge in [-0.25, -0.2) is 4.99 Å². The van der Waals surface area contributed by atoms with Gasteiger partial charge in [0.2, 0.25) is 0 Å². The second kappa shape index (κ2) is 4.53. The molecule has 0 radical (unpaired) electrons. The molecule has 1 aliphatic heterocycles. The number of hydrogen-bond donors (Lipinski definition) is 1. The van der Waals surface area contributed by atoms with E-state index >= 15 is 0 Å². The second-order valence-electron chi connectivity index (χ2n) is 4.28. The molecular weight excluding hydrogens is 224 g/mol. The van der Waals surface area contributed by atoms with E-state index in [0.29, 0.717) is 6.61 Å². The summed E-state index contributed by atoms with van der Waals surface area (Å²) < 4.78 is 5.16. The average molecular weight is 238 g/mol. The Bertz CT molecular complexity index is 561. The number of aliphatic imine (C=N–C) groups is 1. The largest absolute Gasteiger partial charge is 0.463 e. The number of amidine groups is 1. The SMILES string of the molecule is NC1=NC(c2ccc(-c3ccccc3)cc2)CO1. The van der Waals surface area contributed by atoms with Crippen LogP contribution in [0.15, 0.2) is 59.6 Å². The maximum Gasteiger partial charge on any atom is 0.282 e. The summed E-state index contributed by atoms with van der Waals surface area (Å²) in [6, 6.07) is 19.0. The van der Waals surface area contributed by atoms with E-state index in [9.17, 15) is 0 Å². The fourth-order valence-electron chi connectivity index (χ4n) is 2.09. The summed E-state index contributed by atoms with van der Waals surface area (Å²) >= 11 is 0. The Morgan fingerprint density at radius 2 is 1.61 bits per heavy atom. The number of nitrogens with two attached hydrogens (primary N) is 1. The molecule has 90 valence electrons. The minimum Gasteiger partial charge on any atom is -0.463 e. The Morgan fingerprint density at radius 1 is 0.944 bits per heavy atom. The van der Waals surface area contributed by atoms with Crippen LogP contribution in [0.4, 0.5) is 0 Å². The number of hydrogen-bond acceptors (Lipinski definition) is 3. The highest BCUT2D eigenvalue weighted by atomic mass is 16.5.